The maximum Gasteiger partial charge on any atom is 0.325 e. The van der Waals surface area contributed by atoms with Crippen molar-refractivity contribution in [2.75, 3.05) is 13.7 Å². The lowest BCUT2D eigenvalue weighted by molar-refractivity contribution is -0.139. The highest BCUT2D eigenvalue weighted by molar-refractivity contribution is 6.30. The highest BCUT2D eigenvalue weighted by atomic mass is 35.5. The Morgan fingerprint density at radius 1 is 1.31 bits per heavy atom. The highest BCUT2D eigenvalue weighted by Gasteiger charge is 2.21. The van der Waals surface area contributed by atoms with Gasteiger partial charge in [-0.15, -0.1) is 0 Å². The molecule has 0 bridgehead atoms. The van der Waals surface area contributed by atoms with Crippen molar-refractivity contribution in [2.45, 2.75) is 0 Å². The Labute approximate surface area is 152 Å². The van der Waals surface area contributed by atoms with Crippen LogP contribution in [-0.4, -0.2) is 39.9 Å². The molecule has 0 atom stereocenters. The van der Waals surface area contributed by atoms with Crippen molar-refractivity contribution in [3.05, 3.63) is 65.3 Å². The van der Waals surface area contributed by atoms with Gasteiger partial charge in [0.25, 0.3) is 5.91 Å². The first-order valence-corrected chi connectivity index (χ1v) is 7.91. The van der Waals surface area contributed by atoms with Gasteiger partial charge in [0.05, 0.1) is 13.3 Å². The van der Waals surface area contributed by atoms with Gasteiger partial charge in [-0.2, -0.15) is 5.10 Å². The standard InChI is InChI=1S/C17H14ClFN4O3/c1-26-15(24)10-20-16(25)12-9-21-23(17(12)22-6-2-3-7-22)14-5-4-11(18)8-13(14)19/h2-9H,10H2,1H3,(H,20,25). The van der Waals surface area contributed by atoms with Crippen molar-refractivity contribution >= 4 is 23.5 Å². The van der Waals surface area contributed by atoms with Crippen LogP contribution in [0.25, 0.3) is 11.5 Å². The summed E-state index contributed by atoms with van der Waals surface area (Å²) in [5, 5.41) is 6.83. The Balaban J connectivity index is 2.05. The Kier molecular flexibility index (Phi) is 5.04. The van der Waals surface area contributed by atoms with E-state index in [-0.39, 0.29) is 22.8 Å². The zero-order chi connectivity index (χ0) is 18.7. The number of rotatable bonds is 5. The lowest BCUT2D eigenvalue weighted by Crippen LogP contribution is -2.30. The molecule has 3 aromatic rings. The van der Waals surface area contributed by atoms with Crippen LogP contribution in [-0.2, 0) is 9.53 Å². The molecule has 1 aromatic carbocycles. The first-order valence-electron chi connectivity index (χ1n) is 7.53. The van der Waals surface area contributed by atoms with Gasteiger partial charge >= 0.3 is 5.97 Å². The van der Waals surface area contributed by atoms with E-state index in [1.807, 2.05) is 0 Å². The number of carbonyl (C=O) groups excluding carboxylic acids is 2. The summed E-state index contributed by atoms with van der Waals surface area (Å²) in [5.74, 6) is -1.40. The summed E-state index contributed by atoms with van der Waals surface area (Å²) in [5.41, 5.74) is 0.296. The van der Waals surface area contributed by atoms with E-state index < -0.39 is 17.7 Å². The van der Waals surface area contributed by atoms with E-state index in [4.69, 9.17) is 11.6 Å². The quantitative estimate of drug-likeness (QED) is 0.693. The van der Waals surface area contributed by atoms with Crippen LogP contribution in [0.5, 0.6) is 0 Å². The van der Waals surface area contributed by atoms with Crippen LogP contribution in [0.4, 0.5) is 4.39 Å². The molecule has 3 rings (SSSR count). The number of amides is 1. The highest BCUT2D eigenvalue weighted by Crippen LogP contribution is 2.23. The van der Waals surface area contributed by atoms with E-state index in [0.29, 0.717) is 5.82 Å². The summed E-state index contributed by atoms with van der Waals surface area (Å²) < 4.78 is 21.8. The van der Waals surface area contributed by atoms with Crippen molar-refractivity contribution in [2.24, 2.45) is 0 Å². The number of nitrogens with one attached hydrogen (secondary N) is 1. The summed E-state index contributed by atoms with van der Waals surface area (Å²) in [4.78, 5) is 23.7. The minimum atomic E-state index is -0.587. The zero-order valence-corrected chi connectivity index (χ0v) is 14.4. The second-order valence-corrected chi connectivity index (χ2v) is 5.67. The molecular weight excluding hydrogens is 363 g/mol. The summed E-state index contributed by atoms with van der Waals surface area (Å²) in [6.45, 7) is -0.291. The van der Waals surface area contributed by atoms with Crippen LogP contribution >= 0.6 is 11.6 Å². The van der Waals surface area contributed by atoms with E-state index in [0.717, 1.165) is 6.07 Å². The van der Waals surface area contributed by atoms with E-state index in [1.54, 1.807) is 29.1 Å². The number of carbonyl (C=O) groups is 2. The second kappa shape index (κ2) is 7.40. The van der Waals surface area contributed by atoms with Gasteiger partial charge in [-0.3, -0.25) is 9.59 Å². The smallest absolute Gasteiger partial charge is 0.325 e. The van der Waals surface area contributed by atoms with Crippen LogP contribution in [0.3, 0.4) is 0 Å². The number of nitrogens with zero attached hydrogens (tertiary/aromatic N) is 3. The fraction of sp³-hybridized carbons (Fsp3) is 0.118. The molecule has 0 fully saturated rings. The molecule has 0 saturated carbocycles. The van der Waals surface area contributed by atoms with Crippen molar-refractivity contribution < 1.29 is 18.7 Å². The van der Waals surface area contributed by atoms with Gasteiger partial charge in [-0.1, -0.05) is 11.6 Å². The predicted octanol–water partition coefficient (Wildman–Crippen LogP) is 2.36. The fourth-order valence-corrected chi connectivity index (χ4v) is 2.53. The lowest BCUT2D eigenvalue weighted by Gasteiger charge is -2.12. The average molecular weight is 377 g/mol. The lowest BCUT2D eigenvalue weighted by atomic mass is 10.2. The van der Waals surface area contributed by atoms with Crippen molar-refractivity contribution in [3.63, 3.8) is 0 Å². The van der Waals surface area contributed by atoms with Gasteiger partial charge in [-0.05, 0) is 30.3 Å². The normalized spacial score (nSPS) is 10.6. The molecular formula is C17H14ClFN4O3. The first kappa shape index (κ1) is 17.7. The fourth-order valence-electron chi connectivity index (χ4n) is 2.38. The molecule has 0 aliphatic rings. The SMILES string of the molecule is COC(=O)CNC(=O)c1cnn(-c2ccc(Cl)cc2F)c1-n1cccc1. The third kappa shape index (κ3) is 3.45. The molecule has 0 saturated heterocycles. The number of hydrogen-bond acceptors (Lipinski definition) is 4. The van der Waals surface area contributed by atoms with Crippen molar-refractivity contribution in [1.29, 1.82) is 0 Å². The molecule has 0 aliphatic carbocycles. The van der Waals surface area contributed by atoms with Gasteiger partial charge in [0, 0.05) is 17.4 Å². The van der Waals surface area contributed by atoms with Gasteiger partial charge in [0.15, 0.2) is 5.82 Å². The van der Waals surface area contributed by atoms with Crippen LogP contribution in [0, 0.1) is 5.82 Å². The number of hydrogen-bond donors (Lipinski definition) is 1. The van der Waals surface area contributed by atoms with Gasteiger partial charge in [0.1, 0.15) is 23.6 Å². The van der Waals surface area contributed by atoms with Crippen molar-refractivity contribution in [1.82, 2.24) is 19.7 Å². The summed E-state index contributed by atoms with van der Waals surface area (Å²) in [6.07, 6.45) is 4.69. The van der Waals surface area contributed by atoms with Crippen LogP contribution in [0.1, 0.15) is 10.4 Å². The molecule has 26 heavy (non-hydrogen) atoms. The molecule has 0 unspecified atom stereocenters. The Bertz CT molecular complexity index is 953. The Morgan fingerprint density at radius 2 is 2.04 bits per heavy atom. The first-order chi connectivity index (χ1) is 12.5. The third-order valence-electron chi connectivity index (χ3n) is 3.60. The predicted molar refractivity (Wildman–Crippen MR) is 92.2 cm³/mol. The number of methoxy groups -OCH3 is 1. The molecule has 0 spiro atoms. The third-order valence-corrected chi connectivity index (χ3v) is 3.83. The molecule has 2 aromatic heterocycles. The van der Waals surface area contributed by atoms with Crippen LogP contribution < -0.4 is 5.32 Å². The van der Waals surface area contributed by atoms with E-state index in [2.05, 4.69) is 15.2 Å². The zero-order valence-electron chi connectivity index (χ0n) is 13.6. The van der Waals surface area contributed by atoms with Gasteiger partial charge in [0.2, 0.25) is 0 Å². The maximum absolute atomic E-state index is 14.4. The van der Waals surface area contributed by atoms with E-state index in [9.17, 15) is 14.0 Å². The number of halogens is 2. The number of esters is 1. The molecule has 0 aliphatic heterocycles. The van der Waals surface area contributed by atoms with E-state index >= 15 is 0 Å². The summed E-state index contributed by atoms with van der Waals surface area (Å²) >= 11 is 5.80. The molecule has 9 heteroatoms. The summed E-state index contributed by atoms with van der Waals surface area (Å²) in [6, 6.07) is 7.66. The van der Waals surface area contributed by atoms with Gasteiger partial charge in [-0.25, -0.2) is 9.07 Å². The summed E-state index contributed by atoms with van der Waals surface area (Å²) in [7, 11) is 1.22. The van der Waals surface area contributed by atoms with E-state index in [1.165, 1.54) is 30.1 Å². The van der Waals surface area contributed by atoms with Crippen LogP contribution in [0.15, 0.2) is 48.9 Å². The van der Waals surface area contributed by atoms with Crippen molar-refractivity contribution in [3.8, 4) is 11.5 Å². The minimum Gasteiger partial charge on any atom is -0.468 e. The van der Waals surface area contributed by atoms with Crippen LogP contribution in [0.2, 0.25) is 5.02 Å². The Morgan fingerprint density at radius 3 is 2.69 bits per heavy atom. The molecule has 134 valence electrons. The molecule has 1 amide bonds. The topological polar surface area (TPSA) is 78.2 Å². The van der Waals surface area contributed by atoms with Gasteiger partial charge < -0.3 is 14.6 Å². The molecule has 7 nitrogen and oxygen atoms in total. The second-order valence-electron chi connectivity index (χ2n) is 5.24. The molecule has 2 heterocycles. The Hall–Kier alpha value is -3.13. The number of aromatic nitrogens is 3. The maximum atomic E-state index is 14.4. The minimum absolute atomic E-state index is 0.130. The largest absolute Gasteiger partial charge is 0.468 e. The molecule has 0 radical (unpaired) electrons. The monoisotopic (exact) mass is 376 g/mol. The number of ether oxygens (including phenoxy) is 1. The number of benzene rings is 1. The average Bonchev–Trinajstić information content (AvgIpc) is 3.28. The molecule has 1 N–H and O–H groups in total.